The zero-order valence-electron chi connectivity index (χ0n) is 8.54. The van der Waals surface area contributed by atoms with Gasteiger partial charge in [-0.25, -0.2) is 0 Å². The van der Waals surface area contributed by atoms with Crippen molar-refractivity contribution in [2.24, 2.45) is 0 Å². The van der Waals surface area contributed by atoms with Crippen molar-refractivity contribution in [2.75, 3.05) is 50.9 Å². The molecule has 0 spiro atoms. The Morgan fingerprint density at radius 1 is 1.36 bits per heavy atom. The van der Waals surface area contributed by atoms with Crippen molar-refractivity contribution in [3.8, 4) is 0 Å². The van der Waals surface area contributed by atoms with E-state index >= 15 is 0 Å². The standard InChI is InChI=1S/C9H17IN2O2/c1-14-7-6-11-2-4-12(5-3-11)9(13)8-10/h2-8H2,1H3. The summed E-state index contributed by atoms with van der Waals surface area (Å²) in [5.41, 5.74) is 0. The van der Waals surface area contributed by atoms with Gasteiger partial charge in [0.2, 0.25) is 5.91 Å². The Balaban J connectivity index is 2.20. The molecule has 0 atom stereocenters. The molecule has 1 heterocycles. The van der Waals surface area contributed by atoms with Crippen LogP contribution in [-0.2, 0) is 9.53 Å². The highest BCUT2D eigenvalue weighted by atomic mass is 127. The van der Waals surface area contributed by atoms with E-state index in [1.54, 1.807) is 7.11 Å². The second-order valence-corrected chi connectivity index (χ2v) is 4.11. The first kappa shape index (κ1) is 12.2. The van der Waals surface area contributed by atoms with Crippen molar-refractivity contribution < 1.29 is 9.53 Å². The topological polar surface area (TPSA) is 32.8 Å². The number of alkyl halides is 1. The summed E-state index contributed by atoms with van der Waals surface area (Å²) in [6.45, 7) is 5.44. The van der Waals surface area contributed by atoms with Crippen molar-refractivity contribution in [3.05, 3.63) is 0 Å². The molecular formula is C9H17IN2O2. The molecular weight excluding hydrogens is 295 g/mol. The molecule has 1 rings (SSSR count). The molecule has 14 heavy (non-hydrogen) atoms. The van der Waals surface area contributed by atoms with Crippen LogP contribution >= 0.6 is 22.6 Å². The van der Waals surface area contributed by atoms with Crippen LogP contribution in [0.3, 0.4) is 0 Å². The third-order valence-electron chi connectivity index (χ3n) is 2.45. The number of piperazine rings is 1. The Kier molecular flexibility index (Phi) is 5.73. The molecule has 82 valence electrons. The fourth-order valence-corrected chi connectivity index (χ4v) is 2.01. The summed E-state index contributed by atoms with van der Waals surface area (Å²) in [5.74, 6) is 0.261. The highest BCUT2D eigenvalue weighted by Gasteiger charge is 2.19. The Morgan fingerprint density at radius 3 is 2.50 bits per heavy atom. The summed E-state index contributed by atoms with van der Waals surface area (Å²) >= 11 is 2.12. The Bertz CT molecular complexity index is 182. The van der Waals surface area contributed by atoms with Crippen LogP contribution < -0.4 is 0 Å². The lowest BCUT2D eigenvalue weighted by atomic mass is 10.3. The average Bonchev–Trinajstić information content (AvgIpc) is 2.26. The summed E-state index contributed by atoms with van der Waals surface area (Å²) in [6.07, 6.45) is 0. The molecule has 0 aromatic carbocycles. The van der Waals surface area contributed by atoms with Gasteiger partial charge in [0, 0.05) is 39.8 Å². The monoisotopic (exact) mass is 312 g/mol. The number of hydrogen-bond acceptors (Lipinski definition) is 3. The van der Waals surface area contributed by atoms with Gasteiger partial charge in [-0.2, -0.15) is 0 Å². The van der Waals surface area contributed by atoms with E-state index in [2.05, 4.69) is 27.5 Å². The van der Waals surface area contributed by atoms with Crippen LogP contribution in [0.4, 0.5) is 0 Å². The van der Waals surface area contributed by atoms with Crippen LogP contribution in [0.25, 0.3) is 0 Å². The quantitative estimate of drug-likeness (QED) is 0.550. The number of hydrogen-bond donors (Lipinski definition) is 0. The Morgan fingerprint density at radius 2 is 2.00 bits per heavy atom. The fourth-order valence-electron chi connectivity index (χ4n) is 1.53. The number of carbonyl (C=O) groups is 1. The average molecular weight is 312 g/mol. The van der Waals surface area contributed by atoms with Gasteiger partial charge in [0.1, 0.15) is 0 Å². The summed E-state index contributed by atoms with van der Waals surface area (Å²) in [5, 5.41) is 0. The summed E-state index contributed by atoms with van der Waals surface area (Å²) in [4.78, 5) is 15.6. The first-order valence-electron chi connectivity index (χ1n) is 4.83. The molecule has 1 amide bonds. The lowest BCUT2D eigenvalue weighted by molar-refractivity contribution is -0.129. The zero-order chi connectivity index (χ0) is 10.4. The predicted molar refractivity (Wildman–Crippen MR) is 63.8 cm³/mol. The van der Waals surface area contributed by atoms with Crippen molar-refractivity contribution in [3.63, 3.8) is 0 Å². The van der Waals surface area contributed by atoms with Gasteiger partial charge in [-0.1, -0.05) is 22.6 Å². The first-order valence-corrected chi connectivity index (χ1v) is 6.35. The largest absolute Gasteiger partial charge is 0.383 e. The third-order valence-corrected chi connectivity index (χ3v) is 3.10. The first-order chi connectivity index (χ1) is 6.77. The predicted octanol–water partition coefficient (Wildman–Crippen LogP) is 0.212. The zero-order valence-corrected chi connectivity index (χ0v) is 10.7. The molecule has 0 unspecified atom stereocenters. The van der Waals surface area contributed by atoms with E-state index in [-0.39, 0.29) is 5.91 Å². The van der Waals surface area contributed by atoms with Gasteiger partial charge in [-0.15, -0.1) is 0 Å². The van der Waals surface area contributed by atoms with Crippen molar-refractivity contribution >= 4 is 28.5 Å². The second-order valence-electron chi connectivity index (χ2n) is 3.35. The van der Waals surface area contributed by atoms with Crippen LogP contribution in [0.15, 0.2) is 0 Å². The van der Waals surface area contributed by atoms with E-state index < -0.39 is 0 Å². The Hall–Kier alpha value is 0.120. The van der Waals surface area contributed by atoms with Gasteiger partial charge in [0.05, 0.1) is 11.0 Å². The third kappa shape index (κ3) is 3.70. The number of halogens is 1. The number of carbonyl (C=O) groups excluding carboxylic acids is 1. The molecule has 1 aliphatic rings. The minimum absolute atomic E-state index is 0.261. The van der Waals surface area contributed by atoms with Gasteiger partial charge < -0.3 is 9.64 Å². The van der Waals surface area contributed by atoms with E-state index in [0.717, 1.165) is 39.3 Å². The number of rotatable bonds is 4. The van der Waals surface area contributed by atoms with Gasteiger partial charge in [-0.3, -0.25) is 9.69 Å². The van der Waals surface area contributed by atoms with E-state index in [1.165, 1.54) is 0 Å². The number of ether oxygens (including phenoxy) is 1. The fraction of sp³-hybridized carbons (Fsp3) is 0.889. The van der Waals surface area contributed by atoms with Gasteiger partial charge in [0.25, 0.3) is 0 Å². The number of amides is 1. The van der Waals surface area contributed by atoms with Crippen LogP contribution in [-0.4, -0.2) is 66.6 Å². The maximum absolute atomic E-state index is 11.4. The van der Waals surface area contributed by atoms with Gasteiger partial charge in [0.15, 0.2) is 0 Å². The molecule has 0 N–H and O–H groups in total. The molecule has 0 aromatic rings. The van der Waals surface area contributed by atoms with Crippen LogP contribution in [0.2, 0.25) is 0 Å². The van der Waals surface area contributed by atoms with Crippen LogP contribution in [0.5, 0.6) is 0 Å². The smallest absolute Gasteiger partial charge is 0.232 e. The van der Waals surface area contributed by atoms with E-state index in [0.29, 0.717) is 4.43 Å². The van der Waals surface area contributed by atoms with E-state index in [1.807, 2.05) is 4.90 Å². The van der Waals surface area contributed by atoms with E-state index in [9.17, 15) is 4.79 Å². The molecule has 4 nitrogen and oxygen atoms in total. The minimum Gasteiger partial charge on any atom is -0.383 e. The van der Waals surface area contributed by atoms with Crippen molar-refractivity contribution in [1.82, 2.24) is 9.80 Å². The highest BCUT2D eigenvalue weighted by Crippen LogP contribution is 2.03. The number of methoxy groups -OCH3 is 1. The van der Waals surface area contributed by atoms with Crippen molar-refractivity contribution in [1.29, 1.82) is 0 Å². The maximum atomic E-state index is 11.4. The van der Waals surface area contributed by atoms with E-state index in [4.69, 9.17) is 4.74 Å². The highest BCUT2D eigenvalue weighted by molar-refractivity contribution is 14.1. The normalized spacial score (nSPS) is 18.6. The molecule has 1 aliphatic heterocycles. The lowest BCUT2D eigenvalue weighted by Crippen LogP contribution is -2.49. The molecule has 1 saturated heterocycles. The molecule has 1 fully saturated rings. The molecule has 0 aromatic heterocycles. The molecule has 0 radical (unpaired) electrons. The number of nitrogens with zero attached hydrogens (tertiary/aromatic N) is 2. The maximum Gasteiger partial charge on any atom is 0.232 e. The summed E-state index contributed by atoms with van der Waals surface area (Å²) in [6, 6.07) is 0. The summed E-state index contributed by atoms with van der Waals surface area (Å²) < 4.78 is 5.61. The van der Waals surface area contributed by atoms with Crippen LogP contribution in [0.1, 0.15) is 0 Å². The second kappa shape index (κ2) is 6.58. The minimum atomic E-state index is 0.261. The molecule has 0 bridgehead atoms. The van der Waals surface area contributed by atoms with Crippen LogP contribution in [0, 0.1) is 0 Å². The Labute approximate surface area is 98.7 Å². The van der Waals surface area contributed by atoms with Gasteiger partial charge >= 0.3 is 0 Å². The molecule has 0 saturated carbocycles. The van der Waals surface area contributed by atoms with Gasteiger partial charge in [-0.05, 0) is 0 Å². The van der Waals surface area contributed by atoms with Crippen molar-refractivity contribution in [2.45, 2.75) is 0 Å². The molecule has 0 aliphatic carbocycles. The molecule has 5 heteroatoms. The summed E-state index contributed by atoms with van der Waals surface area (Å²) in [7, 11) is 1.72. The SMILES string of the molecule is COCCN1CCN(C(=O)CI)CC1. The lowest BCUT2D eigenvalue weighted by Gasteiger charge is -2.34.